The van der Waals surface area contributed by atoms with Crippen LogP contribution >= 0.6 is 0 Å². The molecule has 2 rings (SSSR count). The summed E-state index contributed by atoms with van der Waals surface area (Å²) in [5.41, 5.74) is 1.13. The fourth-order valence-electron chi connectivity index (χ4n) is 1.96. The Kier molecular flexibility index (Phi) is 5.99. The number of amides is 1. The molecule has 0 atom stereocenters. The molecule has 0 aromatic heterocycles. The molecule has 0 spiro atoms. The predicted molar refractivity (Wildman–Crippen MR) is 85.7 cm³/mol. The monoisotopic (exact) mass is 352 g/mol. The topological polar surface area (TPSA) is 59.9 Å². The number of rotatable bonds is 6. The fourth-order valence-corrected chi connectivity index (χ4v) is 1.96. The summed E-state index contributed by atoms with van der Waals surface area (Å²) in [6, 6.07) is 11.7. The van der Waals surface area contributed by atoms with Crippen LogP contribution < -0.4 is 14.9 Å². The molecule has 0 saturated heterocycles. The molecule has 1 N–H and O–H groups in total. The van der Waals surface area contributed by atoms with Crippen LogP contribution in [-0.2, 0) is 11.0 Å². The van der Waals surface area contributed by atoms with Crippen LogP contribution in [0.2, 0.25) is 0 Å². The van der Waals surface area contributed by atoms with Crippen LogP contribution in [0.3, 0.4) is 0 Å². The van der Waals surface area contributed by atoms with Crippen molar-refractivity contribution in [1.82, 2.24) is 5.43 Å². The van der Waals surface area contributed by atoms with Crippen LogP contribution in [0.1, 0.15) is 11.1 Å². The fraction of sp³-hybridized carbons (Fsp3) is 0.176. The van der Waals surface area contributed by atoms with Crippen LogP contribution in [0.4, 0.5) is 13.2 Å². The lowest BCUT2D eigenvalue weighted by molar-refractivity contribution is -0.137. The number of hydrogen-bond donors (Lipinski definition) is 1. The van der Waals surface area contributed by atoms with E-state index in [1.165, 1.54) is 25.3 Å². The maximum absolute atomic E-state index is 12.8. The Hall–Kier alpha value is -3.03. The van der Waals surface area contributed by atoms with Crippen molar-refractivity contribution in [2.24, 2.45) is 5.10 Å². The molecular formula is C17H15F3N2O3. The summed E-state index contributed by atoms with van der Waals surface area (Å²) in [5.74, 6) is 0.205. The number of nitrogens with one attached hydrogen (secondary N) is 1. The first-order valence-corrected chi connectivity index (χ1v) is 7.15. The van der Waals surface area contributed by atoms with E-state index in [1.54, 1.807) is 24.3 Å². The molecule has 0 heterocycles. The number of para-hydroxylation sites is 2. The minimum Gasteiger partial charge on any atom is -0.493 e. The molecule has 25 heavy (non-hydrogen) atoms. The summed E-state index contributed by atoms with van der Waals surface area (Å²) < 4.78 is 48.8. The van der Waals surface area contributed by atoms with Crippen molar-refractivity contribution in [1.29, 1.82) is 0 Å². The highest BCUT2D eigenvalue weighted by Crippen LogP contribution is 2.31. The molecule has 1 amide bonds. The molecule has 0 unspecified atom stereocenters. The zero-order chi connectivity index (χ0) is 18.3. The Balaban J connectivity index is 1.93. The molecule has 0 bridgehead atoms. The van der Waals surface area contributed by atoms with Gasteiger partial charge in [-0.25, -0.2) is 5.43 Å². The molecule has 5 nitrogen and oxygen atoms in total. The van der Waals surface area contributed by atoms with Gasteiger partial charge in [-0.05, 0) is 18.2 Å². The van der Waals surface area contributed by atoms with Gasteiger partial charge in [0.25, 0.3) is 5.91 Å². The highest BCUT2D eigenvalue weighted by molar-refractivity contribution is 5.84. The van der Waals surface area contributed by atoms with Crippen LogP contribution in [-0.4, -0.2) is 25.8 Å². The molecule has 0 aliphatic heterocycles. The smallest absolute Gasteiger partial charge is 0.417 e. The number of methoxy groups -OCH3 is 1. The van der Waals surface area contributed by atoms with Gasteiger partial charge in [-0.3, -0.25) is 4.79 Å². The van der Waals surface area contributed by atoms with Gasteiger partial charge in [-0.1, -0.05) is 30.3 Å². The summed E-state index contributed by atoms with van der Waals surface area (Å²) in [4.78, 5) is 11.7. The largest absolute Gasteiger partial charge is 0.493 e. The van der Waals surface area contributed by atoms with Gasteiger partial charge < -0.3 is 9.47 Å². The number of hydrogen-bond acceptors (Lipinski definition) is 4. The van der Waals surface area contributed by atoms with E-state index >= 15 is 0 Å². The van der Waals surface area contributed by atoms with Crippen molar-refractivity contribution in [3.8, 4) is 11.5 Å². The first-order chi connectivity index (χ1) is 11.9. The van der Waals surface area contributed by atoms with E-state index in [0.717, 1.165) is 12.3 Å². The average molecular weight is 352 g/mol. The number of hydrazone groups is 1. The van der Waals surface area contributed by atoms with E-state index in [-0.39, 0.29) is 12.2 Å². The number of carbonyl (C=O) groups excluding carboxylic acids is 1. The van der Waals surface area contributed by atoms with Gasteiger partial charge in [0.05, 0.1) is 18.9 Å². The molecular weight excluding hydrogens is 337 g/mol. The van der Waals surface area contributed by atoms with E-state index in [4.69, 9.17) is 9.47 Å². The Bertz CT molecular complexity index is 761. The summed E-state index contributed by atoms with van der Waals surface area (Å²) in [6.45, 7) is -0.362. The van der Waals surface area contributed by atoms with E-state index < -0.39 is 17.6 Å². The van der Waals surface area contributed by atoms with Gasteiger partial charge in [0, 0.05) is 5.56 Å². The average Bonchev–Trinajstić information content (AvgIpc) is 2.59. The number of alkyl halides is 3. The second-order valence-electron chi connectivity index (χ2n) is 4.82. The maximum Gasteiger partial charge on any atom is 0.417 e. The van der Waals surface area contributed by atoms with Crippen molar-refractivity contribution in [3.63, 3.8) is 0 Å². The van der Waals surface area contributed by atoms with Gasteiger partial charge in [0.15, 0.2) is 18.1 Å². The van der Waals surface area contributed by atoms with Crippen LogP contribution in [0.5, 0.6) is 11.5 Å². The third-order valence-corrected chi connectivity index (χ3v) is 3.09. The van der Waals surface area contributed by atoms with E-state index in [0.29, 0.717) is 11.5 Å². The second-order valence-corrected chi connectivity index (χ2v) is 4.82. The normalized spacial score (nSPS) is 11.4. The lowest BCUT2D eigenvalue weighted by Crippen LogP contribution is -2.24. The van der Waals surface area contributed by atoms with Crippen LogP contribution in [0, 0.1) is 0 Å². The van der Waals surface area contributed by atoms with E-state index in [2.05, 4.69) is 10.5 Å². The van der Waals surface area contributed by atoms with Crippen molar-refractivity contribution in [2.45, 2.75) is 6.18 Å². The van der Waals surface area contributed by atoms with Gasteiger partial charge in [-0.2, -0.15) is 18.3 Å². The molecule has 0 aliphatic rings. The van der Waals surface area contributed by atoms with Gasteiger partial charge in [0.2, 0.25) is 0 Å². The first kappa shape index (κ1) is 18.3. The van der Waals surface area contributed by atoms with Gasteiger partial charge in [0.1, 0.15) is 0 Å². The molecule has 8 heteroatoms. The minimum absolute atomic E-state index is 0.152. The minimum atomic E-state index is -4.50. The third kappa shape index (κ3) is 5.23. The molecule has 0 saturated carbocycles. The number of nitrogens with zero attached hydrogens (tertiary/aromatic N) is 1. The molecule has 132 valence electrons. The summed E-state index contributed by atoms with van der Waals surface area (Å²) in [7, 11) is 1.46. The lowest BCUT2D eigenvalue weighted by atomic mass is 10.1. The zero-order valence-electron chi connectivity index (χ0n) is 13.2. The molecule has 0 radical (unpaired) electrons. The first-order valence-electron chi connectivity index (χ1n) is 7.15. The van der Waals surface area contributed by atoms with Crippen molar-refractivity contribution >= 4 is 12.1 Å². The summed E-state index contributed by atoms with van der Waals surface area (Å²) >= 11 is 0. The highest BCUT2D eigenvalue weighted by Gasteiger charge is 2.32. The molecule has 2 aromatic carbocycles. The molecule has 0 fully saturated rings. The molecule has 2 aromatic rings. The maximum atomic E-state index is 12.8. The Labute approximate surface area is 142 Å². The van der Waals surface area contributed by atoms with E-state index in [1.807, 2.05) is 0 Å². The lowest BCUT2D eigenvalue weighted by Gasteiger charge is -2.10. The quantitative estimate of drug-likeness (QED) is 0.641. The van der Waals surface area contributed by atoms with Crippen molar-refractivity contribution in [2.75, 3.05) is 13.7 Å². The van der Waals surface area contributed by atoms with Crippen molar-refractivity contribution < 1.29 is 27.4 Å². The number of ether oxygens (including phenoxy) is 2. The van der Waals surface area contributed by atoms with Gasteiger partial charge in [-0.15, -0.1) is 0 Å². The van der Waals surface area contributed by atoms with Crippen molar-refractivity contribution in [3.05, 3.63) is 59.7 Å². The van der Waals surface area contributed by atoms with Crippen LogP contribution in [0.15, 0.2) is 53.6 Å². The standard InChI is InChI=1S/C17H15F3N2O3/c1-24-14-8-4-5-9-15(14)25-11-16(23)22-21-10-12-6-2-3-7-13(12)17(18,19)20/h2-10H,11H2,1H3,(H,22,23). The number of benzene rings is 2. The predicted octanol–water partition coefficient (Wildman–Crippen LogP) is 3.24. The summed E-state index contributed by atoms with van der Waals surface area (Å²) in [5, 5.41) is 3.53. The van der Waals surface area contributed by atoms with Gasteiger partial charge >= 0.3 is 6.18 Å². The number of carbonyl (C=O) groups is 1. The van der Waals surface area contributed by atoms with E-state index in [9.17, 15) is 18.0 Å². The Morgan fingerprint density at radius 2 is 1.76 bits per heavy atom. The Morgan fingerprint density at radius 1 is 1.12 bits per heavy atom. The summed E-state index contributed by atoms with van der Waals surface area (Å²) in [6.07, 6.45) is -3.57. The second kappa shape index (κ2) is 8.18. The molecule has 0 aliphatic carbocycles. The number of halogens is 3. The third-order valence-electron chi connectivity index (χ3n) is 3.09. The highest BCUT2D eigenvalue weighted by atomic mass is 19.4. The zero-order valence-corrected chi connectivity index (χ0v) is 13.2. The SMILES string of the molecule is COc1ccccc1OCC(=O)NN=Cc1ccccc1C(F)(F)F. The Morgan fingerprint density at radius 3 is 2.44 bits per heavy atom. The van der Waals surface area contributed by atoms with Crippen LogP contribution in [0.25, 0.3) is 0 Å².